The van der Waals surface area contributed by atoms with Crippen LogP contribution in [0.2, 0.25) is 0 Å². The molecule has 3 aromatic heterocycles. The Labute approximate surface area is 134 Å². The van der Waals surface area contributed by atoms with Gasteiger partial charge in [-0.1, -0.05) is 0 Å². The van der Waals surface area contributed by atoms with Crippen molar-refractivity contribution < 1.29 is 0 Å². The van der Waals surface area contributed by atoms with Crippen molar-refractivity contribution in [3.8, 4) is 0 Å². The highest BCUT2D eigenvalue weighted by Gasteiger charge is 2.13. The zero-order valence-corrected chi connectivity index (χ0v) is 14.1. The quantitative estimate of drug-likeness (QED) is 0.638. The van der Waals surface area contributed by atoms with Gasteiger partial charge in [-0.25, -0.2) is 9.97 Å². The van der Waals surface area contributed by atoms with Crippen molar-refractivity contribution in [2.24, 2.45) is 0 Å². The number of aromatic nitrogens is 3. The van der Waals surface area contributed by atoms with Crippen molar-refractivity contribution in [1.82, 2.24) is 14.5 Å². The molecule has 0 aliphatic rings. The van der Waals surface area contributed by atoms with Gasteiger partial charge in [0.05, 0.1) is 6.54 Å². The van der Waals surface area contributed by atoms with Crippen molar-refractivity contribution in [3.63, 3.8) is 0 Å². The number of aryl methyl sites for hydroxylation is 2. The first kappa shape index (κ1) is 14.0. The number of rotatable bonds is 4. The summed E-state index contributed by atoms with van der Waals surface area (Å²) in [6.45, 7) is 2.79. The van der Waals surface area contributed by atoms with Gasteiger partial charge in [0.15, 0.2) is 5.65 Å². The van der Waals surface area contributed by atoms with E-state index in [1.165, 1.54) is 4.88 Å². The van der Waals surface area contributed by atoms with Gasteiger partial charge in [0.1, 0.15) is 11.3 Å². The van der Waals surface area contributed by atoms with Crippen LogP contribution in [0.4, 0.5) is 0 Å². The van der Waals surface area contributed by atoms with Crippen molar-refractivity contribution in [2.75, 3.05) is 5.88 Å². The normalized spacial score (nSPS) is 11.3. The standard InChI is InChI=1S/C14H13BrClN3S/c1-9-2-3-12-14(17-9)19(13(18-12)4-5-16)7-11-6-10(15)8-20-11/h2-3,6,8H,4-5,7H2,1H3. The zero-order chi connectivity index (χ0) is 14.1. The van der Waals surface area contributed by atoms with E-state index in [-0.39, 0.29) is 0 Å². The van der Waals surface area contributed by atoms with Crippen LogP contribution in [0, 0.1) is 6.92 Å². The molecule has 0 unspecified atom stereocenters. The number of thiophene rings is 1. The molecule has 0 fully saturated rings. The van der Waals surface area contributed by atoms with Crippen LogP contribution in [0.5, 0.6) is 0 Å². The molecule has 20 heavy (non-hydrogen) atoms. The molecule has 6 heteroatoms. The Hall–Kier alpha value is -0.910. The van der Waals surface area contributed by atoms with Crippen LogP contribution < -0.4 is 0 Å². The summed E-state index contributed by atoms with van der Waals surface area (Å²) in [6.07, 6.45) is 0.753. The lowest BCUT2D eigenvalue weighted by atomic mass is 10.3. The second-order valence-electron chi connectivity index (χ2n) is 4.58. The second kappa shape index (κ2) is 5.84. The molecule has 3 nitrogen and oxygen atoms in total. The number of pyridine rings is 1. The molecule has 0 bridgehead atoms. The molecular formula is C14H13BrClN3S. The molecule has 0 spiro atoms. The molecule has 0 aliphatic carbocycles. The highest BCUT2D eigenvalue weighted by Crippen LogP contribution is 2.23. The molecular weight excluding hydrogens is 358 g/mol. The van der Waals surface area contributed by atoms with Gasteiger partial charge in [-0.15, -0.1) is 22.9 Å². The molecule has 104 valence electrons. The van der Waals surface area contributed by atoms with E-state index in [0.717, 1.165) is 40.1 Å². The summed E-state index contributed by atoms with van der Waals surface area (Å²) in [6, 6.07) is 6.15. The lowest BCUT2D eigenvalue weighted by molar-refractivity contribution is 0.755. The van der Waals surface area contributed by atoms with E-state index in [1.807, 2.05) is 19.1 Å². The maximum absolute atomic E-state index is 5.90. The molecule has 3 heterocycles. The summed E-state index contributed by atoms with van der Waals surface area (Å²) in [4.78, 5) is 10.6. The van der Waals surface area contributed by atoms with E-state index >= 15 is 0 Å². The number of alkyl halides is 1. The summed E-state index contributed by atoms with van der Waals surface area (Å²) in [5.74, 6) is 1.56. The lowest BCUT2D eigenvalue weighted by Crippen LogP contribution is -2.06. The smallest absolute Gasteiger partial charge is 0.160 e. The number of nitrogens with zero attached hydrogens (tertiary/aromatic N) is 3. The van der Waals surface area contributed by atoms with Crippen molar-refractivity contribution >= 4 is 50.0 Å². The van der Waals surface area contributed by atoms with Gasteiger partial charge in [0.2, 0.25) is 0 Å². The second-order valence-corrected chi connectivity index (χ2v) is 6.87. The summed E-state index contributed by atoms with van der Waals surface area (Å²) in [5, 5.41) is 2.09. The van der Waals surface area contributed by atoms with Crippen LogP contribution in [0.15, 0.2) is 28.1 Å². The first-order valence-electron chi connectivity index (χ1n) is 6.29. The van der Waals surface area contributed by atoms with Gasteiger partial charge in [0.25, 0.3) is 0 Å². The SMILES string of the molecule is Cc1ccc2nc(CCCl)n(Cc3cc(Br)cs3)c2n1. The third-order valence-corrected chi connectivity index (χ3v) is 4.94. The monoisotopic (exact) mass is 369 g/mol. The van der Waals surface area contributed by atoms with Gasteiger partial charge in [0, 0.05) is 32.7 Å². The maximum Gasteiger partial charge on any atom is 0.160 e. The van der Waals surface area contributed by atoms with Crippen LogP contribution in [0.1, 0.15) is 16.4 Å². The predicted octanol–water partition coefficient (Wildman–Crippen LogP) is 4.39. The molecule has 0 aliphatic heterocycles. The third kappa shape index (κ3) is 2.75. The fraction of sp³-hybridized carbons (Fsp3) is 0.286. The minimum absolute atomic E-state index is 0.566. The van der Waals surface area contributed by atoms with E-state index in [0.29, 0.717) is 5.88 Å². The van der Waals surface area contributed by atoms with E-state index in [1.54, 1.807) is 11.3 Å². The molecule has 0 saturated carbocycles. The predicted molar refractivity (Wildman–Crippen MR) is 87.8 cm³/mol. The topological polar surface area (TPSA) is 30.7 Å². The fourth-order valence-corrected chi connectivity index (χ4v) is 3.79. The molecule has 0 amide bonds. The highest BCUT2D eigenvalue weighted by molar-refractivity contribution is 9.10. The average molecular weight is 371 g/mol. The number of hydrogen-bond donors (Lipinski definition) is 0. The van der Waals surface area contributed by atoms with E-state index < -0.39 is 0 Å². The Morgan fingerprint density at radius 3 is 2.90 bits per heavy atom. The molecule has 3 rings (SSSR count). The summed E-state index contributed by atoms with van der Waals surface area (Å²) in [5.41, 5.74) is 2.88. The van der Waals surface area contributed by atoms with Gasteiger partial charge in [-0.3, -0.25) is 0 Å². The Morgan fingerprint density at radius 1 is 1.35 bits per heavy atom. The van der Waals surface area contributed by atoms with E-state index in [9.17, 15) is 0 Å². The number of halogens is 2. The van der Waals surface area contributed by atoms with Crippen LogP contribution in [-0.4, -0.2) is 20.4 Å². The largest absolute Gasteiger partial charge is 0.307 e. The van der Waals surface area contributed by atoms with Gasteiger partial charge in [-0.2, -0.15) is 0 Å². The Kier molecular flexibility index (Phi) is 4.10. The van der Waals surface area contributed by atoms with Crippen LogP contribution in [0.3, 0.4) is 0 Å². The molecule has 0 N–H and O–H groups in total. The Balaban J connectivity index is 2.09. The number of imidazole rings is 1. The van der Waals surface area contributed by atoms with Gasteiger partial charge in [-0.05, 0) is 41.1 Å². The average Bonchev–Trinajstić information content (AvgIpc) is 2.96. The molecule has 0 radical (unpaired) electrons. The van der Waals surface area contributed by atoms with E-state index in [4.69, 9.17) is 11.6 Å². The summed E-state index contributed by atoms with van der Waals surface area (Å²) >= 11 is 11.1. The van der Waals surface area contributed by atoms with Crippen molar-refractivity contribution in [2.45, 2.75) is 19.9 Å². The van der Waals surface area contributed by atoms with Gasteiger partial charge < -0.3 is 4.57 Å². The lowest BCUT2D eigenvalue weighted by Gasteiger charge is -2.06. The minimum atomic E-state index is 0.566. The number of hydrogen-bond acceptors (Lipinski definition) is 3. The fourth-order valence-electron chi connectivity index (χ4n) is 2.18. The molecule has 3 aromatic rings. The Bertz CT molecular complexity index is 750. The Morgan fingerprint density at radius 2 is 2.20 bits per heavy atom. The number of fused-ring (bicyclic) bond motifs is 1. The minimum Gasteiger partial charge on any atom is -0.307 e. The maximum atomic E-state index is 5.90. The van der Waals surface area contributed by atoms with E-state index in [2.05, 4.69) is 41.9 Å². The van der Waals surface area contributed by atoms with Gasteiger partial charge >= 0.3 is 0 Å². The van der Waals surface area contributed by atoms with Crippen molar-refractivity contribution in [1.29, 1.82) is 0 Å². The van der Waals surface area contributed by atoms with Crippen LogP contribution >= 0.6 is 38.9 Å². The van der Waals surface area contributed by atoms with Crippen molar-refractivity contribution in [3.05, 3.63) is 44.4 Å². The molecule has 0 saturated heterocycles. The zero-order valence-electron chi connectivity index (χ0n) is 10.9. The summed E-state index contributed by atoms with van der Waals surface area (Å²) < 4.78 is 3.29. The van der Waals surface area contributed by atoms with Crippen LogP contribution in [0.25, 0.3) is 11.2 Å². The highest BCUT2D eigenvalue weighted by atomic mass is 79.9. The van der Waals surface area contributed by atoms with Crippen LogP contribution in [-0.2, 0) is 13.0 Å². The first-order chi connectivity index (χ1) is 9.67. The molecule has 0 atom stereocenters. The first-order valence-corrected chi connectivity index (χ1v) is 8.49. The summed E-state index contributed by atoms with van der Waals surface area (Å²) in [7, 11) is 0. The molecule has 0 aromatic carbocycles. The third-order valence-electron chi connectivity index (χ3n) is 3.06.